The van der Waals surface area contributed by atoms with Crippen LogP contribution in [0.15, 0.2) is 0 Å². The molecule has 7 nitrogen and oxygen atoms in total. The van der Waals surface area contributed by atoms with Crippen molar-refractivity contribution in [3.05, 3.63) is 10.1 Å². The Morgan fingerprint density at radius 2 is 2.06 bits per heavy atom. The van der Waals surface area contributed by atoms with E-state index in [1.165, 1.54) is 6.92 Å². The molecule has 2 aliphatic rings. The summed E-state index contributed by atoms with van der Waals surface area (Å²) in [6.45, 7) is 5.17. The van der Waals surface area contributed by atoms with Crippen molar-refractivity contribution in [1.29, 1.82) is 0 Å². The molecule has 2 rings (SSSR count). The Balaban J connectivity index is 2.20. The number of nitro groups is 1. The van der Waals surface area contributed by atoms with Crippen molar-refractivity contribution in [2.45, 2.75) is 44.3 Å². The van der Waals surface area contributed by atoms with Crippen LogP contribution < -0.4 is 0 Å². The lowest BCUT2D eigenvalue weighted by molar-refractivity contribution is -0.581. The van der Waals surface area contributed by atoms with Gasteiger partial charge in [-0.2, -0.15) is 0 Å². The van der Waals surface area contributed by atoms with Crippen LogP contribution in [-0.4, -0.2) is 53.4 Å². The third-order valence-corrected chi connectivity index (χ3v) is 3.86. The zero-order valence-corrected chi connectivity index (χ0v) is 10.8. The van der Waals surface area contributed by atoms with E-state index >= 15 is 0 Å². The van der Waals surface area contributed by atoms with Gasteiger partial charge in [0.1, 0.15) is 6.10 Å². The van der Waals surface area contributed by atoms with Crippen molar-refractivity contribution < 1.29 is 24.2 Å². The van der Waals surface area contributed by atoms with Gasteiger partial charge in [0, 0.05) is 11.8 Å². The normalized spacial score (nSPS) is 43.2. The maximum absolute atomic E-state index is 11.3. The van der Waals surface area contributed by atoms with E-state index in [4.69, 9.17) is 14.2 Å². The van der Waals surface area contributed by atoms with Crippen molar-refractivity contribution in [3.63, 3.8) is 0 Å². The molecule has 104 valence electrons. The van der Waals surface area contributed by atoms with Gasteiger partial charge >= 0.3 is 0 Å². The van der Waals surface area contributed by atoms with Gasteiger partial charge in [0.25, 0.3) is 5.54 Å². The Morgan fingerprint density at radius 1 is 1.39 bits per heavy atom. The van der Waals surface area contributed by atoms with Crippen molar-refractivity contribution in [3.8, 4) is 0 Å². The molecule has 0 aliphatic carbocycles. The molecular weight excluding hydrogens is 242 g/mol. The molecule has 0 radical (unpaired) electrons. The molecule has 0 bridgehead atoms. The van der Waals surface area contributed by atoms with E-state index in [1.54, 1.807) is 13.8 Å². The molecule has 0 amide bonds. The molecule has 0 saturated carbocycles. The highest BCUT2D eigenvalue weighted by molar-refractivity contribution is 5.00. The van der Waals surface area contributed by atoms with Crippen LogP contribution in [-0.2, 0) is 14.2 Å². The molecule has 0 unspecified atom stereocenters. The Kier molecular flexibility index (Phi) is 3.35. The molecule has 0 aromatic carbocycles. The summed E-state index contributed by atoms with van der Waals surface area (Å²) >= 11 is 0. The maximum atomic E-state index is 11.3. The van der Waals surface area contributed by atoms with E-state index in [9.17, 15) is 15.2 Å². The Labute approximate surface area is 105 Å². The number of rotatable bonds is 3. The van der Waals surface area contributed by atoms with Gasteiger partial charge in [0.15, 0.2) is 11.9 Å². The van der Waals surface area contributed by atoms with E-state index in [0.29, 0.717) is 0 Å². The Hall–Kier alpha value is -0.760. The summed E-state index contributed by atoms with van der Waals surface area (Å²) < 4.78 is 16.6. The summed E-state index contributed by atoms with van der Waals surface area (Å²) in [4.78, 5) is 11.0. The SMILES string of the molecule is CC1(C)OC[C@H]([C@@H]2OC[C@@H](CO)[C@@]2(C)[N+](=O)[O-])O1. The van der Waals surface area contributed by atoms with Crippen LogP contribution in [0.2, 0.25) is 0 Å². The highest BCUT2D eigenvalue weighted by atomic mass is 16.8. The first-order valence-corrected chi connectivity index (χ1v) is 6.00. The fraction of sp³-hybridized carbons (Fsp3) is 1.00. The minimum absolute atomic E-state index is 0.166. The average molecular weight is 261 g/mol. The van der Waals surface area contributed by atoms with Gasteiger partial charge in [-0.15, -0.1) is 0 Å². The van der Waals surface area contributed by atoms with Gasteiger partial charge in [0.05, 0.1) is 25.7 Å². The molecule has 2 saturated heterocycles. The van der Waals surface area contributed by atoms with Gasteiger partial charge in [-0.1, -0.05) is 0 Å². The Morgan fingerprint density at radius 3 is 2.50 bits per heavy atom. The van der Waals surface area contributed by atoms with Gasteiger partial charge in [-0.05, 0) is 13.8 Å². The van der Waals surface area contributed by atoms with Crippen LogP contribution in [0.3, 0.4) is 0 Å². The minimum Gasteiger partial charge on any atom is -0.396 e. The fourth-order valence-electron chi connectivity index (χ4n) is 2.63. The predicted molar refractivity (Wildman–Crippen MR) is 60.6 cm³/mol. The van der Waals surface area contributed by atoms with Gasteiger partial charge in [0.2, 0.25) is 0 Å². The zero-order chi connectivity index (χ0) is 13.6. The van der Waals surface area contributed by atoms with Gasteiger partial charge in [-0.25, -0.2) is 0 Å². The summed E-state index contributed by atoms with van der Waals surface area (Å²) in [6, 6.07) is 0. The highest BCUT2D eigenvalue weighted by Gasteiger charge is 2.62. The highest BCUT2D eigenvalue weighted by Crippen LogP contribution is 2.39. The number of aliphatic hydroxyl groups is 1. The summed E-state index contributed by atoms with van der Waals surface area (Å²) in [5.74, 6) is -1.27. The molecular formula is C11H19NO6. The van der Waals surface area contributed by atoms with Crippen LogP contribution in [0.25, 0.3) is 0 Å². The largest absolute Gasteiger partial charge is 0.396 e. The molecule has 2 fully saturated rings. The van der Waals surface area contributed by atoms with Crippen LogP contribution in [0, 0.1) is 16.0 Å². The van der Waals surface area contributed by atoms with Crippen molar-refractivity contribution in [1.82, 2.24) is 0 Å². The molecule has 0 spiro atoms. The van der Waals surface area contributed by atoms with Crippen LogP contribution in [0.1, 0.15) is 20.8 Å². The standard InChI is InChI=1S/C11H19NO6/c1-10(2)17-6-8(18-10)9-11(3,12(14)15)7(4-13)5-16-9/h7-9,13H,4-6H2,1-3H3/t7-,8-,9+,11-/m1/s1. The summed E-state index contributed by atoms with van der Waals surface area (Å²) in [7, 11) is 0. The van der Waals surface area contributed by atoms with Crippen molar-refractivity contribution in [2.24, 2.45) is 5.92 Å². The second-order valence-corrected chi connectivity index (χ2v) is 5.48. The smallest absolute Gasteiger partial charge is 0.254 e. The lowest BCUT2D eigenvalue weighted by Crippen LogP contribution is -2.54. The minimum atomic E-state index is -1.34. The van der Waals surface area contributed by atoms with Gasteiger partial charge < -0.3 is 19.3 Å². The summed E-state index contributed by atoms with van der Waals surface area (Å²) in [5, 5.41) is 20.6. The molecule has 1 N–H and O–H groups in total. The molecule has 18 heavy (non-hydrogen) atoms. The number of nitrogens with zero attached hydrogens (tertiary/aromatic N) is 1. The first kappa shape index (κ1) is 13.7. The monoisotopic (exact) mass is 261 g/mol. The number of aliphatic hydroxyl groups excluding tert-OH is 1. The number of ether oxygens (including phenoxy) is 3. The van der Waals surface area contributed by atoms with Crippen molar-refractivity contribution in [2.75, 3.05) is 19.8 Å². The van der Waals surface area contributed by atoms with Crippen LogP contribution in [0.4, 0.5) is 0 Å². The predicted octanol–water partition coefficient (Wildman–Crippen LogP) is 0.181. The average Bonchev–Trinajstić information content (AvgIpc) is 2.79. The Bertz CT molecular complexity index is 346. The summed E-state index contributed by atoms with van der Waals surface area (Å²) in [6.07, 6.45) is -1.18. The molecule has 7 heteroatoms. The number of hydrogen-bond acceptors (Lipinski definition) is 6. The third-order valence-electron chi connectivity index (χ3n) is 3.86. The second-order valence-electron chi connectivity index (χ2n) is 5.48. The van der Waals surface area contributed by atoms with Crippen LogP contribution >= 0.6 is 0 Å². The lowest BCUT2D eigenvalue weighted by atomic mass is 9.82. The molecule has 2 aliphatic heterocycles. The van der Waals surface area contributed by atoms with Crippen LogP contribution in [0.5, 0.6) is 0 Å². The van der Waals surface area contributed by atoms with Crippen molar-refractivity contribution >= 4 is 0 Å². The molecule has 0 aromatic rings. The van der Waals surface area contributed by atoms with E-state index < -0.39 is 29.5 Å². The third kappa shape index (κ3) is 2.01. The van der Waals surface area contributed by atoms with E-state index in [-0.39, 0.29) is 24.7 Å². The zero-order valence-electron chi connectivity index (χ0n) is 10.8. The lowest BCUT2D eigenvalue weighted by Gasteiger charge is -2.29. The first-order chi connectivity index (χ1) is 8.31. The molecule has 2 heterocycles. The number of hydrogen-bond donors (Lipinski definition) is 1. The second kappa shape index (κ2) is 4.41. The molecule has 0 aromatic heterocycles. The topological polar surface area (TPSA) is 91.1 Å². The van der Waals surface area contributed by atoms with Gasteiger partial charge in [-0.3, -0.25) is 10.1 Å². The summed E-state index contributed by atoms with van der Waals surface area (Å²) in [5.41, 5.74) is -1.34. The molecule has 4 atom stereocenters. The van der Waals surface area contributed by atoms with E-state index in [1.807, 2.05) is 0 Å². The van der Waals surface area contributed by atoms with E-state index in [2.05, 4.69) is 0 Å². The maximum Gasteiger partial charge on any atom is 0.254 e. The quantitative estimate of drug-likeness (QED) is 0.575. The first-order valence-electron chi connectivity index (χ1n) is 6.00. The fourth-order valence-corrected chi connectivity index (χ4v) is 2.63. The van der Waals surface area contributed by atoms with E-state index in [0.717, 1.165) is 0 Å².